The molecule has 0 bridgehead atoms. The molecule has 0 saturated heterocycles. The molecule has 9 nitrogen and oxygen atoms in total. The van der Waals surface area contributed by atoms with E-state index in [4.69, 9.17) is 14.5 Å². The van der Waals surface area contributed by atoms with E-state index < -0.39 is 17.7 Å². The number of nitrogens with zero attached hydrogens (tertiary/aromatic N) is 2. The molecule has 0 unspecified atom stereocenters. The summed E-state index contributed by atoms with van der Waals surface area (Å²) in [7, 11) is 1.23. The Kier molecular flexibility index (Phi) is 4.13. The van der Waals surface area contributed by atoms with Crippen LogP contribution in [0.15, 0.2) is 35.1 Å². The number of pyridine rings is 2. The molecule has 2 aliphatic heterocycles. The van der Waals surface area contributed by atoms with Crippen molar-refractivity contribution in [1.82, 2.24) is 9.55 Å². The normalized spacial score (nSPS) is 18.7. The average molecular weight is 422 g/mol. The summed E-state index contributed by atoms with van der Waals surface area (Å²) < 4.78 is 16.2. The van der Waals surface area contributed by atoms with Crippen LogP contribution in [0.4, 0.5) is 4.79 Å². The van der Waals surface area contributed by atoms with Crippen LogP contribution in [0.5, 0.6) is 5.75 Å². The van der Waals surface area contributed by atoms with Crippen LogP contribution in [-0.4, -0.2) is 33.9 Å². The van der Waals surface area contributed by atoms with Crippen LogP contribution < -0.4 is 10.3 Å². The van der Waals surface area contributed by atoms with E-state index in [0.29, 0.717) is 29.2 Å². The first-order valence-electron chi connectivity index (χ1n) is 9.72. The maximum atomic E-state index is 13.1. The fourth-order valence-electron chi connectivity index (χ4n) is 4.17. The Labute approximate surface area is 175 Å². The number of hydrogen-bond acceptors (Lipinski definition) is 8. The van der Waals surface area contributed by atoms with Crippen molar-refractivity contribution in [1.29, 1.82) is 0 Å². The minimum atomic E-state index is -1.86. The van der Waals surface area contributed by atoms with Gasteiger partial charge in [0.15, 0.2) is 5.60 Å². The average Bonchev–Trinajstić information content (AvgIpc) is 3.13. The topological polar surface area (TPSA) is 117 Å². The highest BCUT2D eigenvalue weighted by molar-refractivity contribution is 5.87. The zero-order valence-corrected chi connectivity index (χ0v) is 16.8. The highest BCUT2D eigenvalue weighted by atomic mass is 16.7. The summed E-state index contributed by atoms with van der Waals surface area (Å²) in [6.45, 7) is 1.78. The lowest BCUT2D eigenvalue weighted by Gasteiger charge is -2.31. The molecule has 4 heterocycles. The molecule has 0 amide bonds. The molecule has 31 heavy (non-hydrogen) atoms. The monoisotopic (exact) mass is 422 g/mol. The lowest BCUT2D eigenvalue weighted by atomic mass is 9.86. The number of benzene rings is 1. The Balaban J connectivity index is 1.66. The third-order valence-electron chi connectivity index (χ3n) is 5.85. The molecule has 1 N–H and O–H groups in total. The fraction of sp³-hybridized carbons (Fsp3) is 0.273. The van der Waals surface area contributed by atoms with Gasteiger partial charge < -0.3 is 23.9 Å². The molecule has 0 spiro atoms. The molecule has 3 aromatic rings. The second-order valence-electron chi connectivity index (χ2n) is 7.51. The summed E-state index contributed by atoms with van der Waals surface area (Å²) >= 11 is 0. The molecule has 9 heteroatoms. The number of rotatable bonds is 2. The van der Waals surface area contributed by atoms with Gasteiger partial charge in [-0.05, 0) is 36.8 Å². The van der Waals surface area contributed by atoms with Gasteiger partial charge in [0.25, 0.3) is 5.56 Å². The van der Waals surface area contributed by atoms with E-state index in [1.807, 2.05) is 6.07 Å². The van der Waals surface area contributed by atoms with Crippen molar-refractivity contribution in [3.8, 4) is 17.1 Å². The van der Waals surface area contributed by atoms with Gasteiger partial charge in [0, 0.05) is 16.5 Å². The molecule has 2 aliphatic rings. The predicted octanol–water partition coefficient (Wildman–Crippen LogP) is 2.22. The van der Waals surface area contributed by atoms with Crippen LogP contribution in [0.1, 0.15) is 30.0 Å². The molecule has 1 aromatic carbocycles. The SMILES string of the molecule is CC[C@@]1(O)C(=O)OCc2c1cc1n(c2=O)Cc2cc3cc(OC(=O)OC)ccc3nc2-1. The largest absolute Gasteiger partial charge is 0.513 e. The summed E-state index contributed by atoms with van der Waals surface area (Å²) in [5, 5.41) is 11.6. The predicted molar refractivity (Wildman–Crippen MR) is 108 cm³/mol. The van der Waals surface area contributed by atoms with Gasteiger partial charge in [0.2, 0.25) is 0 Å². The lowest BCUT2D eigenvalue weighted by Crippen LogP contribution is -2.44. The first-order valence-corrected chi connectivity index (χ1v) is 9.72. The lowest BCUT2D eigenvalue weighted by molar-refractivity contribution is -0.172. The Hall–Kier alpha value is -3.72. The summed E-state index contributed by atoms with van der Waals surface area (Å²) in [5.74, 6) is -0.442. The van der Waals surface area contributed by atoms with Crippen molar-refractivity contribution >= 4 is 23.0 Å². The van der Waals surface area contributed by atoms with Gasteiger partial charge in [0.05, 0.1) is 36.1 Å². The smallest absolute Gasteiger partial charge is 0.458 e. The fourth-order valence-corrected chi connectivity index (χ4v) is 4.17. The number of fused-ring (bicyclic) bond motifs is 5. The van der Waals surface area contributed by atoms with Gasteiger partial charge >= 0.3 is 12.1 Å². The molecule has 158 valence electrons. The summed E-state index contributed by atoms with van der Waals surface area (Å²) in [6.07, 6.45) is -0.735. The maximum absolute atomic E-state index is 13.1. The van der Waals surface area contributed by atoms with E-state index in [0.717, 1.165) is 10.9 Å². The first-order chi connectivity index (χ1) is 14.9. The van der Waals surface area contributed by atoms with Crippen molar-refractivity contribution in [2.45, 2.75) is 32.1 Å². The number of ether oxygens (including phenoxy) is 3. The highest BCUT2D eigenvalue weighted by Crippen LogP contribution is 2.38. The van der Waals surface area contributed by atoms with Crippen LogP contribution in [0, 0.1) is 0 Å². The van der Waals surface area contributed by atoms with E-state index >= 15 is 0 Å². The molecule has 0 aliphatic carbocycles. The van der Waals surface area contributed by atoms with Crippen LogP contribution >= 0.6 is 0 Å². The number of hydrogen-bond donors (Lipinski definition) is 1. The standard InChI is InChI=1S/C22H18N2O7/c1-3-22(28)15-8-17-18-12(9-24(17)19(25)14(15)10-30-20(22)26)6-11-7-13(31-21(27)29-2)4-5-16(11)23-18/h4-8,28H,3,9-10H2,1-2H3/t22-/m0/s1. The molecule has 1 atom stereocenters. The summed E-state index contributed by atoms with van der Waals surface area (Å²) in [5.41, 5.74) is 0.960. The van der Waals surface area contributed by atoms with Gasteiger partial charge in [-0.3, -0.25) is 4.79 Å². The van der Waals surface area contributed by atoms with Crippen molar-refractivity contribution in [3.05, 3.63) is 57.4 Å². The van der Waals surface area contributed by atoms with E-state index in [9.17, 15) is 19.5 Å². The Bertz CT molecular complexity index is 1340. The number of aliphatic hydroxyl groups is 1. The van der Waals surface area contributed by atoms with Crippen LogP contribution in [0.2, 0.25) is 0 Å². The van der Waals surface area contributed by atoms with Crippen molar-refractivity contribution < 1.29 is 28.9 Å². The zero-order valence-electron chi connectivity index (χ0n) is 16.8. The molecule has 0 radical (unpaired) electrons. The zero-order chi connectivity index (χ0) is 21.9. The number of carbonyl (C=O) groups is 2. The third kappa shape index (κ3) is 2.73. The van der Waals surface area contributed by atoms with Gasteiger partial charge in [-0.2, -0.15) is 0 Å². The first kappa shape index (κ1) is 19.3. The van der Waals surface area contributed by atoms with Crippen molar-refractivity contribution in [3.63, 3.8) is 0 Å². The van der Waals surface area contributed by atoms with Crippen LogP contribution in [0.25, 0.3) is 22.3 Å². The molecule has 2 aromatic heterocycles. The second-order valence-corrected chi connectivity index (χ2v) is 7.51. The third-order valence-corrected chi connectivity index (χ3v) is 5.85. The van der Waals surface area contributed by atoms with Gasteiger partial charge in [0.1, 0.15) is 12.4 Å². The van der Waals surface area contributed by atoms with E-state index in [1.54, 1.807) is 35.8 Å². The molecule has 0 fully saturated rings. The Morgan fingerprint density at radius 3 is 2.84 bits per heavy atom. The van der Waals surface area contributed by atoms with Gasteiger partial charge in [-0.25, -0.2) is 14.6 Å². The van der Waals surface area contributed by atoms with Crippen LogP contribution in [0.3, 0.4) is 0 Å². The summed E-state index contributed by atoms with van der Waals surface area (Å²) in [4.78, 5) is 41.4. The Morgan fingerprint density at radius 2 is 2.10 bits per heavy atom. The van der Waals surface area contributed by atoms with Gasteiger partial charge in [-0.1, -0.05) is 6.92 Å². The minimum Gasteiger partial charge on any atom is -0.458 e. The number of esters is 1. The number of carbonyl (C=O) groups excluding carboxylic acids is 2. The van der Waals surface area contributed by atoms with Gasteiger partial charge in [-0.15, -0.1) is 0 Å². The second kappa shape index (κ2) is 6.64. The van der Waals surface area contributed by atoms with Crippen molar-refractivity contribution in [2.75, 3.05) is 7.11 Å². The van der Waals surface area contributed by atoms with Crippen LogP contribution in [-0.2, 0) is 33.0 Å². The molecular weight excluding hydrogens is 404 g/mol. The van der Waals surface area contributed by atoms with E-state index in [1.165, 1.54) is 7.11 Å². The summed E-state index contributed by atoms with van der Waals surface area (Å²) in [6, 6.07) is 8.51. The number of methoxy groups -OCH3 is 1. The highest BCUT2D eigenvalue weighted by Gasteiger charge is 2.45. The molecular formula is C22H18N2O7. The van der Waals surface area contributed by atoms with Crippen molar-refractivity contribution in [2.24, 2.45) is 0 Å². The molecule has 0 saturated carbocycles. The number of cyclic esters (lactones) is 1. The Morgan fingerprint density at radius 1 is 1.29 bits per heavy atom. The van der Waals surface area contributed by atoms with E-state index in [2.05, 4.69) is 4.74 Å². The quantitative estimate of drug-likeness (QED) is 0.386. The molecule has 5 rings (SSSR count). The van der Waals surface area contributed by atoms with E-state index in [-0.39, 0.29) is 29.7 Å². The number of aromatic nitrogens is 2. The maximum Gasteiger partial charge on any atom is 0.513 e. The minimum absolute atomic E-state index is 0.0860.